The third kappa shape index (κ3) is 4.47. The maximum atomic E-state index is 13.9. The van der Waals surface area contributed by atoms with Crippen LogP contribution in [0.5, 0.6) is 0 Å². The van der Waals surface area contributed by atoms with Gasteiger partial charge in [-0.05, 0) is 50.9 Å². The number of amides is 5. The summed E-state index contributed by atoms with van der Waals surface area (Å²) in [6.07, 6.45) is 4.49. The number of imide groups is 1. The monoisotopic (exact) mass is 504 g/mol. The number of ether oxygens (including phenoxy) is 1. The quantitative estimate of drug-likeness (QED) is 0.384. The standard InChI is InChI=1S/C26H40N4O6/c1-6-36-23(33)19(15(4)5)28-25(35)27-18(14(2)3)22(32)29-13-10-17-20(29)26(11-7-12-26)24(34)30(17)21(31)16-8-9-16/h14-20H,6-13H2,1-5H3,(H2,27,28,35)/t17-,18-,19-,20-/m0/s1. The number of fused-ring (bicyclic) bond motifs is 2. The van der Waals surface area contributed by atoms with Crippen molar-refractivity contribution in [3.63, 3.8) is 0 Å². The second-order valence-electron chi connectivity index (χ2n) is 11.4. The number of urea groups is 1. The van der Waals surface area contributed by atoms with Gasteiger partial charge in [0.2, 0.25) is 17.7 Å². The van der Waals surface area contributed by atoms with Crippen molar-refractivity contribution in [1.82, 2.24) is 20.4 Å². The lowest BCUT2D eigenvalue weighted by Crippen LogP contribution is -2.60. The van der Waals surface area contributed by atoms with E-state index in [2.05, 4.69) is 10.6 Å². The minimum Gasteiger partial charge on any atom is -0.464 e. The topological polar surface area (TPSA) is 125 Å². The zero-order chi connectivity index (χ0) is 26.4. The highest BCUT2D eigenvalue weighted by atomic mass is 16.5. The fourth-order valence-corrected chi connectivity index (χ4v) is 6.08. The first-order valence-electron chi connectivity index (χ1n) is 13.4. The van der Waals surface area contributed by atoms with Gasteiger partial charge in [0.15, 0.2) is 0 Å². The fourth-order valence-electron chi connectivity index (χ4n) is 6.08. The van der Waals surface area contributed by atoms with E-state index in [9.17, 15) is 24.0 Å². The average Bonchev–Trinajstić information content (AvgIpc) is 3.49. The Hall–Kier alpha value is -2.65. The van der Waals surface area contributed by atoms with Crippen LogP contribution in [0.1, 0.15) is 73.1 Å². The predicted octanol–water partition coefficient (Wildman–Crippen LogP) is 1.82. The van der Waals surface area contributed by atoms with Crippen molar-refractivity contribution in [2.75, 3.05) is 13.2 Å². The van der Waals surface area contributed by atoms with Crippen LogP contribution in [-0.2, 0) is 23.9 Å². The van der Waals surface area contributed by atoms with Gasteiger partial charge in [-0.15, -0.1) is 0 Å². The van der Waals surface area contributed by atoms with Crippen molar-refractivity contribution in [3.8, 4) is 0 Å². The zero-order valence-electron chi connectivity index (χ0n) is 22.0. The summed E-state index contributed by atoms with van der Waals surface area (Å²) in [6.45, 7) is 9.67. The number of rotatable bonds is 8. The molecule has 0 bridgehead atoms. The molecule has 4 fully saturated rings. The van der Waals surface area contributed by atoms with Crippen LogP contribution in [-0.4, -0.2) is 76.8 Å². The van der Waals surface area contributed by atoms with E-state index in [0.717, 1.165) is 19.3 Å². The number of carbonyl (C=O) groups is 5. The number of nitrogens with zero attached hydrogens (tertiary/aromatic N) is 2. The van der Waals surface area contributed by atoms with Crippen molar-refractivity contribution in [3.05, 3.63) is 0 Å². The largest absolute Gasteiger partial charge is 0.464 e. The lowest BCUT2D eigenvalue weighted by Gasteiger charge is -2.44. The SMILES string of the molecule is CCOC(=O)[C@@H](NC(=O)N[C@H](C(=O)N1CC[C@H]2[C@H]1C1(CCC1)C(=O)N2C(=O)C1CC1)C(C)C)C(C)C. The van der Waals surface area contributed by atoms with Gasteiger partial charge in [0.05, 0.1) is 24.1 Å². The molecule has 200 valence electrons. The molecule has 2 saturated carbocycles. The maximum absolute atomic E-state index is 13.9. The van der Waals surface area contributed by atoms with Crippen molar-refractivity contribution in [2.45, 2.75) is 97.3 Å². The van der Waals surface area contributed by atoms with Crippen LogP contribution in [0.15, 0.2) is 0 Å². The molecule has 2 saturated heterocycles. The summed E-state index contributed by atoms with van der Waals surface area (Å²) in [6, 6.07) is -2.92. The van der Waals surface area contributed by atoms with Gasteiger partial charge in [0.1, 0.15) is 12.1 Å². The van der Waals surface area contributed by atoms with Gasteiger partial charge in [0.25, 0.3) is 0 Å². The molecule has 36 heavy (non-hydrogen) atoms. The van der Waals surface area contributed by atoms with Gasteiger partial charge in [-0.2, -0.15) is 0 Å². The van der Waals surface area contributed by atoms with Gasteiger partial charge >= 0.3 is 12.0 Å². The van der Waals surface area contributed by atoms with Gasteiger partial charge in [-0.3, -0.25) is 19.3 Å². The summed E-state index contributed by atoms with van der Waals surface area (Å²) >= 11 is 0. The number of esters is 1. The van der Waals surface area contributed by atoms with Crippen LogP contribution in [0.2, 0.25) is 0 Å². The minimum atomic E-state index is -0.836. The molecule has 2 heterocycles. The van der Waals surface area contributed by atoms with E-state index in [1.165, 1.54) is 4.90 Å². The second kappa shape index (κ2) is 10.0. The van der Waals surface area contributed by atoms with Crippen LogP contribution in [0.25, 0.3) is 0 Å². The number of carbonyl (C=O) groups excluding carboxylic acids is 5. The summed E-state index contributed by atoms with van der Waals surface area (Å²) in [4.78, 5) is 68.8. The Kier molecular flexibility index (Phi) is 7.35. The van der Waals surface area contributed by atoms with Crippen LogP contribution in [0.4, 0.5) is 4.79 Å². The Labute approximate surface area is 212 Å². The molecule has 0 aromatic heterocycles. The first-order chi connectivity index (χ1) is 17.0. The fraction of sp³-hybridized carbons (Fsp3) is 0.808. The van der Waals surface area contributed by atoms with Crippen molar-refractivity contribution < 1.29 is 28.7 Å². The second-order valence-corrected chi connectivity index (χ2v) is 11.4. The molecule has 0 unspecified atom stereocenters. The highest BCUT2D eigenvalue weighted by Crippen LogP contribution is 2.56. The first kappa shape index (κ1) is 26.4. The van der Waals surface area contributed by atoms with E-state index in [-0.39, 0.29) is 54.2 Å². The summed E-state index contributed by atoms with van der Waals surface area (Å²) in [5.41, 5.74) is -0.683. The van der Waals surface area contributed by atoms with E-state index >= 15 is 0 Å². The molecule has 4 rings (SSSR count). The van der Waals surface area contributed by atoms with Gasteiger partial charge < -0.3 is 20.3 Å². The van der Waals surface area contributed by atoms with Crippen LogP contribution < -0.4 is 10.6 Å². The molecule has 10 nitrogen and oxygen atoms in total. The van der Waals surface area contributed by atoms with Crippen LogP contribution in [0, 0.1) is 23.2 Å². The summed E-state index contributed by atoms with van der Waals surface area (Å²) in [5, 5.41) is 5.44. The third-order valence-corrected chi connectivity index (χ3v) is 8.31. The number of hydrogen-bond acceptors (Lipinski definition) is 6. The smallest absolute Gasteiger partial charge is 0.328 e. The maximum Gasteiger partial charge on any atom is 0.328 e. The molecular formula is C26H40N4O6. The van der Waals surface area contributed by atoms with Crippen LogP contribution in [0.3, 0.4) is 0 Å². The van der Waals surface area contributed by atoms with Crippen molar-refractivity contribution in [1.29, 1.82) is 0 Å². The molecule has 5 amide bonds. The van der Waals surface area contributed by atoms with Crippen LogP contribution >= 0.6 is 0 Å². The van der Waals surface area contributed by atoms with E-state index < -0.39 is 29.5 Å². The molecule has 2 N–H and O–H groups in total. The molecule has 2 aliphatic carbocycles. The lowest BCUT2D eigenvalue weighted by molar-refractivity contribution is -0.152. The van der Waals surface area contributed by atoms with Crippen molar-refractivity contribution >= 4 is 29.7 Å². The van der Waals surface area contributed by atoms with E-state index in [4.69, 9.17) is 4.74 Å². The predicted molar refractivity (Wildman–Crippen MR) is 130 cm³/mol. The molecule has 0 radical (unpaired) electrons. The lowest BCUT2D eigenvalue weighted by atomic mass is 9.64. The average molecular weight is 505 g/mol. The summed E-state index contributed by atoms with van der Waals surface area (Å²) < 4.78 is 5.08. The molecular weight excluding hydrogens is 464 g/mol. The Morgan fingerprint density at radius 1 is 1.00 bits per heavy atom. The Bertz CT molecular complexity index is 925. The van der Waals surface area contributed by atoms with E-state index in [1.54, 1.807) is 25.7 Å². The Balaban J connectivity index is 1.50. The molecule has 2 aliphatic heterocycles. The number of likely N-dealkylation sites (tertiary alicyclic amines) is 2. The first-order valence-corrected chi connectivity index (χ1v) is 13.4. The molecule has 4 atom stereocenters. The van der Waals surface area contributed by atoms with Gasteiger partial charge in [-0.1, -0.05) is 34.1 Å². The van der Waals surface area contributed by atoms with Gasteiger partial charge in [-0.25, -0.2) is 9.59 Å². The van der Waals surface area contributed by atoms with E-state index in [1.807, 2.05) is 13.8 Å². The molecule has 1 spiro atoms. The number of hydrogen-bond donors (Lipinski definition) is 2. The Morgan fingerprint density at radius 2 is 1.61 bits per heavy atom. The normalized spacial score (nSPS) is 26.0. The van der Waals surface area contributed by atoms with Crippen molar-refractivity contribution in [2.24, 2.45) is 23.2 Å². The highest BCUT2D eigenvalue weighted by molar-refractivity contribution is 6.04. The third-order valence-electron chi connectivity index (χ3n) is 8.31. The summed E-state index contributed by atoms with van der Waals surface area (Å²) in [5.74, 6) is -1.43. The molecule has 10 heteroatoms. The molecule has 0 aromatic carbocycles. The molecule has 4 aliphatic rings. The summed E-state index contributed by atoms with van der Waals surface area (Å²) in [7, 11) is 0. The van der Waals surface area contributed by atoms with E-state index in [0.29, 0.717) is 25.8 Å². The zero-order valence-corrected chi connectivity index (χ0v) is 22.0. The van der Waals surface area contributed by atoms with Gasteiger partial charge in [0, 0.05) is 12.5 Å². The Morgan fingerprint density at radius 3 is 2.11 bits per heavy atom. The number of nitrogens with one attached hydrogen (secondary N) is 2. The minimum absolute atomic E-state index is 0.0587. The molecule has 0 aromatic rings. The highest BCUT2D eigenvalue weighted by Gasteiger charge is 2.68.